The highest BCUT2D eigenvalue weighted by Gasteiger charge is 2.36. The average Bonchev–Trinajstić information content (AvgIpc) is 2.61. The molecule has 4 nitrogen and oxygen atoms in total. The molecule has 0 saturated heterocycles. The van der Waals surface area contributed by atoms with Crippen LogP contribution in [0.4, 0.5) is 0 Å². The molecule has 1 aliphatic carbocycles. The van der Waals surface area contributed by atoms with Gasteiger partial charge in [0, 0.05) is 0 Å². The molecule has 4 heteroatoms. The van der Waals surface area contributed by atoms with Gasteiger partial charge in [0.1, 0.15) is 0 Å². The molecule has 1 aliphatic rings. The molecule has 0 spiro atoms. The van der Waals surface area contributed by atoms with Crippen LogP contribution in [0.1, 0.15) is 51.4 Å². The van der Waals surface area contributed by atoms with Crippen LogP contribution in [0.25, 0.3) is 0 Å². The molecule has 0 aliphatic heterocycles. The van der Waals surface area contributed by atoms with Gasteiger partial charge in [-0.1, -0.05) is 24.3 Å². The number of hydrogen-bond acceptors (Lipinski definition) is 4. The number of esters is 2. The second-order valence-corrected chi connectivity index (χ2v) is 6.06. The molecular formula is C20H30O4. The second kappa shape index (κ2) is 12.6. The van der Waals surface area contributed by atoms with Crippen LogP contribution in [0, 0.1) is 11.8 Å². The fourth-order valence-electron chi connectivity index (χ4n) is 2.68. The summed E-state index contributed by atoms with van der Waals surface area (Å²) in [6.07, 6.45) is 14.1. The number of carbonyl (C=O) groups is 2. The lowest BCUT2D eigenvalue weighted by Gasteiger charge is -2.25. The van der Waals surface area contributed by atoms with Gasteiger partial charge in [0.05, 0.1) is 25.0 Å². The largest absolute Gasteiger partial charge is 0.465 e. The van der Waals surface area contributed by atoms with Crippen LogP contribution < -0.4 is 0 Å². The first-order valence-corrected chi connectivity index (χ1v) is 8.90. The van der Waals surface area contributed by atoms with Crippen LogP contribution >= 0.6 is 0 Å². The number of carbonyl (C=O) groups excluding carboxylic acids is 2. The summed E-state index contributed by atoms with van der Waals surface area (Å²) < 4.78 is 10.7. The summed E-state index contributed by atoms with van der Waals surface area (Å²) in [4.78, 5) is 24.5. The van der Waals surface area contributed by atoms with Crippen molar-refractivity contribution in [3.8, 4) is 0 Å². The van der Waals surface area contributed by atoms with Crippen LogP contribution in [0.5, 0.6) is 0 Å². The second-order valence-electron chi connectivity index (χ2n) is 6.06. The lowest BCUT2D eigenvalue weighted by atomic mass is 9.83. The van der Waals surface area contributed by atoms with Crippen molar-refractivity contribution in [1.29, 1.82) is 0 Å². The Kier molecular flexibility index (Phi) is 10.6. The van der Waals surface area contributed by atoms with Gasteiger partial charge in [0.25, 0.3) is 0 Å². The maximum atomic E-state index is 12.3. The minimum Gasteiger partial charge on any atom is -0.465 e. The van der Waals surface area contributed by atoms with Gasteiger partial charge < -0.3 is 9.47 Å². The topological polar surface area (TPSA) is 52.6 Å². The summed E-state index contributed by atoms with van der Waals surface area (Å²) in [7, 11) is 0. The van der Waals surface area contributed by atoms with Crippen LogP contribution in [0.15, 0.2) is 37.5 Å². The summed E-state index contributed by atoms with van der Waals surface area (Å²) in [6, 6.07) is 0. The van der Waals surface area contributed by atoms with Crippen LogP contribution in [0.3, 0.4) is 0 Å². The Morgan fingerprint density at radius 1 is 0.833 bits per heavy atom. The maximum absolute atomic E-state index is 12.3. The van der Waals surface area contributed by atoms with E-state index in [0.717, 1.165) is 38.5 Å². The normalized spacial score (nSPS) is 19.5. The van der Waals surface area contributed by atoms with Crippen molar-refractivity contribution in [3.05, 3.63) is 37.5 Å². The molecule has 0 aromatic carbocycles. The smallest absolute Gasteiger partial charge is 0.310 e. The van der Waals surface area contributed by atoms with E-state index in [0.29, 0.717) is 26.1 Å². The summed E-state index contributed by atoms with van der Waals surface area (Å²) in [5, 5.41) is 0. The van der Waals surface area contributed by atoms with Gasteiger partial charge in [-0.25, -0.2) is 0 Å². The summed E-state index contributed by atoms with van der Waals surface area (Å²) in [6.45, 7) is 8.13. The Hall–Kier alpha value is -1.84. The third-order valence-electron chi connectivity index (χ3n) is 4.13. The molecule has 2 unspecified atom stereocenters. The van der Waals surface area contributed by atoms with Crippen molar-refractivity contribution in [2.24, 2.45) is 11.8 Å². The number of hydrogen-bond donors (Lipinski definition) is 0. The Morgan fingerprint density at radius 3 is 1.62 bits per heavy atom. The number of ether oxygens (including phenoxy) is 2. The fraction of sp³-hybridized carbons (Fsp3) is 0.600. The minimum absolute atomic E-state index is 0.286. The number of unbranched alkanes of at least 4 members (excludes halogenated alkanes) is 4. The Bertz CT molecular complexity index is 399. The highest BCUT2D eigenvalue weighted by Crippen LogP contribution is 2.28. The molecule has 0 fully saturated rings. The van der Waals surface area contributed by atoms with Crippen LogP contribution in [-0.2, 0) is 19.1 Å². The first-order chi connectivity index (χ1) is 11.7. The maximum Gasteiger partial charge on any atom is 0.310 e. The predicted molar refractivity (Wildman–Crippen MR) is 95.4 cm³/mol. The summed E-state index contributed by atoms with van der Waals surface area (Å²) >= 11 is 0. The Morgan fingerprint density at radius 2 is 1.25 bits per heavy atom. The molecule has 0 N–H and O–H groups in total. The summed E-state index contributed by atoms with van der Waals surface area (Å²) in [5.74, 6) is -1.41. The zero-order valence-corrected chi connectivity index (χ0v) is 14.6. The first kappa shape index (κ1) is 20.2. The highest BCUT2D eigenvalue weighted by atomic mass is 16.5. The zero-order valence-electron chi connectivity index (χ0n) is 14.6. The third-order valence-corrected chi connectivity index (χ3v) is 4.13. The third kappa shape index (κ3) is 7.62. The highest BCUT2D eigenvalue weighted by molar-refractivity contribution is 5.82. The van der Waals surface area contributed by atoms with Crippen molar-refractivity contribution >= 4 is 11.9 Å². The molecule has 1 rings (SSSR count). The molecule has 134 valence electrons. The van der Waals surface area contributed by atoms with Crippen LogP contribution in [0.2, 0.25) is 0 Å². The van der Waals surface area contributed by atoms with Crippen molar-refractivity contribution in [2.45, 2.75) is 51.4 Å². The SMILES string of the molecule is C=CCCCCOC(=O)C1CC=CCC1C(=O)OCCCCC=C. The first-order valence-electron chi connectivity index (χ1n) is 8.90. The van der Waals surface area contributed by atoms with Gasteiger partial charge in [0.15, 0.2) is 0 Å². The molecular weight excluding hydrogens is 304 g/mol. The standard InChI is InChI=1S/C20H30O4/c1-3-5-7-11-15-23-19(21)17-13-9-10-14-18(17)20(22)24-16-12-8-6-4-2/h3-4,9-10,17-18H,1-2,5-8,11-16H2. The van der Waals surface area contributed by atoms with E-state index >= 15 is 0 Å². The van der Waals surface area contributed by atoms with Gasteiger partial charge in [-0.2, -0.15) is 0 Å². The van der Waals surface area contributed by atoms with Gasteiger partial charge in [0.2, 0.25) is 0 Å². The van der Waals surface area contributed by atoms with E-state index < -0.39 is 11.8 Å². The van der Waals surface area contributed by atoms with E-state index in [1.807, 2.05) is 24.3 Å². The molecule has 0 aromatic rings. The zero-order chi connectivity index (χ0) is 17.6. The van der Waals surface area contributed by atoms with Gasteiger partial charge in [-0.3, -0.25) is 9.59 Å². The Labute approximate surface area is 145 Å². The van der Waals surface area contributed by atoms with Gasteiger partial charge in [-0.05, 0) is 51.4 Å². The fourth-order valence-corrected chi connectivity index (χ4v) is 2.68. The van der Waals surface area contributed by atoms with Crippen LogP contribution in [-0.4, -0.2) is 25.2 Å². The van der Waals surface area contributed by atoms with Crippen molar-refractivity contribution in [3.63, 3.8) is 0 Å². The van der Waals surface area contributed by atoms with E-state index in [1.165, 1.54) is 0 Å². The van der Waals surface area contributed by atoms with E-state index in [-0.39, 0.29) is 11.9 Å². The van der Waals surface area contributed by atoms with E-state index in [4.69, 9.17) is 9.47 Å². The van der Waals surface area contributed by atoms with E-state index in [2.05, 4.69) is 13.2 Å². The molecule has 24 heavy (non-hydrogen) atoms. The van der Waals surface area contributed by atoms with Crippen molar-refractivity contribution < 1.29 is 19.1 Å². The molecule has 0 bridgehead atoms. The lowest BCUT2D eigenvalue weighted by Crippen LogP contribution is -2.34. The quantitative estimate of drug-likeness (QED) is 0.302. The lowest BCUT2D eigenvalue weighted by molar-refractivity contribution is -0.161. The number of rotatable bonds is 12. The van der Waals surface area contributed by atoms with Crippen molar-refractivity contribution in [1.82, 2.24) is 0 Å². The molecule has 0 radical (unpaired) electrons. The Balaban J connectivity index is 2.38. The average molecular weight is 334 g/mol. The molecule has 0 amide bonds. The minimum atomic E-state index is -0.421. The number of allylic oxidation sites excluding steroid dienone is 4. The van der Waals surface area contributed by atoms with E-state index in [9.17, 15) is 9.59 Å². The van der Waals surface area contributed by atoms with Gasteiger partial charge in [-0.15, -0.1) is 13.2 Å². The molecule has 0 heterocycles. The van der Waals surface area contributed by atoms with Gasteiger partial charge >= 0.3 is 11.9 Å². The summed E-state index contributed by atoms with van der Waals surface area (Å²) in [5.41, 5.74) is 0. The molecule has 0 aromatic heterocycles. The van der Waals surface area contributed by atoms with Crippen molar-refractivity contribution in [2.75, 3.05) is 13.2 Å². The molecule has 0 saturated carbocycles. The predicted octanol–water partition coefficient (Wildman–Crippen LogP) is 4.37. The monoisotopic (exact) mass is 334 g/mol. The molecule has 2 atom stereocenters. The van der Waals surface area contributed by atoms with E-state index in [1.54, 1.807) is 0 Å².